The van der Waals surface area contributed by atoms with Crippen molar-refractivity contribution in [1.29, 1.82) is 0 Å². The van der Waals surface area contributed by atoms with Gasteiger partial charge < -0.3 is 10.6 Å². The minimum atomic E-state index is -0.534. The molecule has 0 saturated carbocycles. The van der Waals surface area contributed by atoms with Crippen LogP contribution in [0.4, 0.5) is 15.9 Å². The average Bonchev–Trinajstić information content (AvgIpc) is 3.40. The lowest BCUT2D eigenvalue weighted by molar-refractivity contribution is 0.102. The molecule has 0 aliphatic heterocycles. The molecule has 0 aliphatic carbocycles. The second kappa shape index (κ2) is 8.90. The predicted molar refractivity (Wildman–Crippen MR) is 116 cm³/mol. The van der Waals surface area contributed by atoms with Crippen LogP contribution < -0.4 is 10.6 Å². The highest BCUT2D eigenvalue weighted by molar-refractivity contribution is 6.03. The number of anilines is 2. The molecule has 0 spiro atoms. The number of amides is 1. The fourth-order valence-electron chi connectivity index (χ4n) is 3.16. The molecule has 0 bridgehead atoms. The first-order valence-electron chi connectivity index (χ1n) is 10.0. The van der Waals surface area contributed by atoms with Gasteiger partial charge in [0.1, 0.15) is 18.0 Å². The zero-order chi connectivity index (χ0) is 21.8. The maximum Gasteiger partial charge on any atom is 0.258 e. The molecule has 1 atom stereocenters. The summed E-state index contributed by atoms with van der Waals surface area (Å²) in [6, 6.07) is 7.45. The van der Waals surface area contributed by atoms with Crippen molar-refractivity contribution in [3.63, 3.8) is 0 Å². The van der Waals surface area contributed by atoms with Crippen molar-refractivity contribution in [3.8, 4) is 0 Å². The summed E-state index contributed by atoms with van der Waals surface area (Å²) in [6.45, 7) is 4.35. The van der Waals surface area contributed by atoms with Crippen LogP contribution in [0, 0.1) is 0 Å². The molecule has 3 aromatic heterocycles. The predicted octanol–water partition coefficient (Wildman–Crippen LogP) is 3.44. The molecule has 3 heterocycles. The quantitative estimate of drug-likeness (QED) is 0.451. The largest absolute Gasteiger partial charge is 0.362 e. The summed E-state index contributed by atoms with van der Waals surface area (Å²) in [7, 11) is 0. The molecule has 4 aromatic rings. The molecule has 1 aromatic carbocycles. The lowest BCUT2D eigenvalue weighted by Crippen LogP contribution is -2.13. The third kappa shape index (κ3) is 4.68. The summed E-state index contributed by atoms with van der Waals surface area (Å²) in [5.41, 5.74) is 3.33. The number of aromatic nitrogens is 6. The van der Waals surface area contributed by atoms with Crippen LogP contribution in [0.3, 0.4) is 0 Å². The lowest BCUT2D eigenvalue weighted by Gasteiger charge is -2.16. The Kier molecular flexibility index (Phi) is 5.87. The number of benzene rings is 1. The maximum atomic E-state index is 12.5. The minimum Gasteiger partial charge on any atom is -0.362 e. The van der Waals surface area contributed by atoms with E-state index in [2.05, 4.69) is 30.8 Å². The van der Waals surface area contributed by atoms with E-state index in [1.54, 1.807) is 10.9 Å². The van der Waals surface area contributed by atoms with E-state index in [4.69, 9.17) is 0 Å². The summed E-state index contributed by atoms with van der Waals surface area (Å²) >= 11 is 0. The van der Waals surface area contributed by atoms with Crippen molar-refractivity contribution in [2.24, 2.45) is 0 Å². The molecule has 4 rings (SSSR count). The van der Waals surface area contributed by atoms with Crippen molar-refractivity contribution in [2.75, 3.05) is 17.3 Å². The second-order valence-electron chi connectivity index (χ2n) is 7.08. The number of nitrogens with zero attached hydrogens (tertiary/aromatic N) is 6. The highest BCUT2D eigenvalue weighted by Crippen LogP contribution is 2.22. The van der Waals surface area contributed by atoms with Gasteiger partial charge in [-0.15, -0.1) is 0 Å². The number of halogens is 1. The topological polar surface area (TPSA) is 103 Å². The highest BCUT2D eigenvalue weighted by Gasteiger charge is 2.12. The molecule has 10 heteroatoms. The van der Waals surface area contributed by atoms with Crippen LogP contribution in [-0.2, 0) is 13.1 Å². The molecule has 31 heavy (non-hydrogen) atoms. The Hall–Kier alpha value is -3.82. The Morgan fingerprint density at radius 1 is 1.23 bits per heavy atom. The number of hydrogen-bond donors (Lipinski definition) is 2. The van der Waals surface area contributed by atoms with E-state index in [1.807, 2.05) is 44.3 Å². The van der Waals surface area contributed by atoms with Crippen molar-refractivity contribution >= 4 is 28.6 Å². The van der Waals surface area contributed by atoms with E-state index in [0.29, 0.717) is 22.7 Å². The van der Waals surface area contributed by atoms with Gasteiger partial charge in [0, 0.05) is 18.4 Å². The Morgan fingerprint density at radius 2 is 2.10 bits per heavy atom. The zero-order valence-electron chi connectivity index (χ0n) is 17.3. The van der Waals surface area contributed by atoms with Crippen molar-refractivity contribution in [2.45, 2.75) is 33.0 Å². The molecule has 160 valence electrons. The summed E-state index contributed by atoms with van der Waals surface area (Å²) in [5, 5.41) is 14.5. The number of fused-ring (bicyclic) bond motifs is 1. The molecule has 9 nitrogen and oxygen atoms in total. The summed E-state index contributed by atoms with van der Waals surface area (Å²) in [6.07, 6.45) is 6.50. The van der Waals surface area contributed by atoms with Crippen molar-refractivity contribution in [3.05, 3.63) is 60.2 Å². The van der Waals surface area contributed by atoms with Gasteiger partial charge in [-0.1, -0.05) is 12.1 Å². The van der Waals surface area contributed by atoms with E-state index in [0.717, 1.165) is 17.6 Å². The van der Waals surface area contributed by atoms with E-state index in [-0.39, 0.29) is 18.5 Å². The van der Waals surface area contributed by atoms with Crippen LogP contribution >= 0.6 is 0 Å². The van der Waals surface area contributed by atoms with Gasteiger partial charge in [-0.3, -0.25) is 14.2 Å². The Balaban J connectivity index is 1.45. The van der Waals surface area contributed by atoms with Crippen LogP contribution in [0.15, 0.2) is 49.1 Å². The fraction of sp³-hybridized carbons (Fsp3) is 0.286. The lowest BCUT2D eigenvalue weighted by atomic mass is 10.1. The van der Waals surface area contributed by atoms with Crippen molar-refractivity contribution < 1.29 is 9.18 Å². The monoisotopic (exact) mass is 422 g/mol. The van der Waals surface area contributed by atoms with Crippen LogP contribution in [0.2, 0.25) is 0 Å². The summed E-state index contributed by atoms with van der Waals surface area (Å²) < 4.78 is 15.6. The number of hydrogen-bond acceptors (Lipinski definition) is 6. The number of nitrogens with one attached hydrogen (secondary N) is 2. The summed E-state index contributed by atoms with van der Waals surface area (Å²) in [5.74, 6) is 0.321. The van der Waals surface area contributed by atoms with Gasteiger partial charge in [-0.25, -0.2) is 14.4 Å². The van der Waals surface area contributed by atoms with Gasteiger partial charge in [0.05, 0.1) is 36.7 Å². The molecule has 0 aliphatic rings. The Bertz CT molecular complexity index is 1200. The van der Waals surface area contributed by atoms with E-state index in [9.17, 15) is 9.18 Å². The van der Waals surface area contributed by atoms with E-state index in [1.165, 1.54) is 17.1 Å². The first-order chi connectivity index (χ1) is 15.1. The van der Waals surface area contributed by atoms with Gasteiger partial charge in [0.15, 0.2) is 0 Å². The normalized spacial score (nSPS) is 12.1. The Labute approximate surface area is 178 Å². The van der Waals surface area contributed by atoms with Gasteiger partial charge in [-0.05, 0) is 31.5 Å². The third-order valence-corrected chi connectivity index (χ3v) is 4.82. The van der Waals surface area contributed by atoms with Crippen LogP contribution in [0.25, 0.3) is 11.2 Å². The maximum absolute atomic E-state index is 12.5. The Morgan fingerprint density at radius 3 is 2.90 bits per heavy atom. The molecular formula is C21H23FN8O. The number of aryl methyl sites for hydroxylation is 2. The van der Waals surface area contributed by atoms with Crippen molar-refractivity contribution in [1.82, 2.24) is 29.5 Å². The smallest absolute Gasteiger partial charge is 0.258 e. The number of alkyl halides is 1. The van der Waals surface area contributed by atoms with Gasteiger partial charge in [0.2, 0.25) is 5.65 Å². The van der Waals surface area contributed by atoms with Gasteiger partial charge in [-0.2, -0.15) is 10.2 Å². The van der Waals surface area contributed by atoms with E-state index < -0.39 is 6.67 Å². The van der Waals surface area contributed by atoms with Crippen LogP contribution in [-0.4, -0.2) is 42.1 Å². The third-order valence-electron chi connectivity index (χ3n) is 4.82. The van der Waals surface area contributed by atoms with Crippen LogP contribution in [0.1, 0.15) is 35.8 Å². The SMILES string of the molecule is CCn1cc2ncc(N[C@@H](C)c3cccc(NC(=O)c4cnn(CCF)c4)c3)nc2n1. The molecule has 1 amide bonds. The van der Waals surface area contributed by atoms with Gasteiger partial charge >= 0.3 is 0 Å². The van der Waals surface area contributed by atoms with Crippen LogP contribution in [0.5, 0.6) is 0 Å². The second-order valence-corrected chi connectivity index (χ2v) is 7.08. The number of carbonyl (C=O) groups excluding carboxylic acids is 1. The first-order valence-corrected chi connectivity index (χ1v) is 10.0. The highest BCUT2D eigenvalue weighted by atomic mass is 19.1. The molecular weight excluding hydrogens is 399 g/mol. The summed E-state index contributed by atoms with van der Waals surface area (Å²) in [4.78, 5) is 21.4. The average molecular weight is 422 g/mol. The first kappa shape index (κ1) is 20.5. The number of carbonyl (C=O) groups is 1. The fourth-order valence-corrected chi connectivity index (χ4v) is 3.16. The molecule has 0 fully saturated rings. The van der Waals surface area contributed by atoms with Gasteiger partial charge in [0.25, 0.3) is 5.91 Å². The standard InChI is InChI=1S/C21H23FN8O/c1-3-29-13-18-20(28-29)27-19(11-23-18)25-14(2)15-5-4-6-17(9-15)26-21(31)16-10-24-30(12-16)8-7-22/h4-6,9-14H,3,7-8H2,1-2H3,(H,26,31)(H,25,27,28)/t14-/m0/s1. The molecule has 0 saturated heterocycles. The molecule has 2 N–H and O–H groups in total. The minimum absolute atomic E-state index is 0.0795. The zero-order valence-corrected chi connectivity index (χ0v) is 17.3. The number of rotatable bonds is 8. The molecule has 0 unspecified atom stereocenters. The molecule has 0 radical (unpaired) electrons. The van der Waals surface area contributed by atoms with E-state index >= 15 is 0 Å².